The van der Waals surface area contributed by atoms with Crippen molar-refractivity contribution in [1.29, 1.82) is 0 Å². The number of nitrogens with one attached hydrogen (secondary N) is 2. The highest BCUT2D eigenvalue weighted by Crippen LogP contribution is 2.38. The van der Waals surface area contributed by atoms with Crippen LogP contribution in [0.4, 0.5) is 5.69 Å². The number of hydrazine groups is 1. The minimum absolute atomic E-state index is 0.0788. The van der Waals surface area contributed by atoms with Crippen molar-refractivity contribution in [1.82, 2.24) is 10.3 Å². The van der Waals surface area contributed by atoms with Crippen LogP contribution in [0, 0.1) is 0 Å². The number of fused-ring (bicyclic) bond motifs is 1. The first-order valence-corrected chi connectivity index (χ1v) is 10.5. The Kier molecular flexibility index (Phi) is 5.81. The number of allylic oxidation sites excluding steroid dienone is 1. The lowest BCUT2D eigenvalue weighted by atomic mass is 9.91. The number of hydrogen-bond donors (Lipinski definition) is 4. The van der Waals surface area contributed by atoms with Crippen LogP contribution in [0.5, 0.6) is 0 Å². The zero-order valence-corrected chi connectivity index (χ0v) is 17.5. The molecule has 29 heavy (non-hydrogen) atoms. The van der Waals surface area contributed by atoms with E-state index in [1.54, 1.807) is 5.01 Å². The highest BCUT2D eigenvalue weighted by molar-refractivity contribution is 6.33. The second-order valence-corrected chi connectivity index (χ2v) is 8.08. The average molecular weight is 410 g/mol. The van der Waals surface area contributed by atoms with Crippen LogP contribution in [0.3, 0.4) is 0 Å². The van der Waals surface area contributed by atoms with Crippen LogP contribution in [-0.4, -0.2) is 24.6 Å². The number of para-hydroxylation sites is 1. The van der Waals surface area contributed by atoms with Gasteiger partial charge >= 0.3 is 0 Å². The third-order valence-electron chi connectivity index (χ3n) is 5.64. The van der Waals surface area contributed by atoms with Crippen molar-refractivity contribution in [3.05, 3.63) is 76.0 Å². The molecule has 2 aliphatic rings. The van der Waals surface area contributed by atoms with Crippen molar-refractivity contribution in [2.75, 3.05) is 25.0 Å². The van der Waals surface area contributed by atoms with Gasteiger partial charge in [-0.15, -0.1) is 0 Å². The summed E-state index contributed by atoms with van der Waals surface area (Å²) in [5.41, 5.74) is 13.7. The number of hydrogen-bond acceptors (Lipinski definition) is 5. The zero-order chi connectivity index (χ0) is 20.4. The Bertz CT molecular complexity index is 961. The average Bonchev–Trinajstić information content (AvgIpc) is 2.86. The molecule has 0 aromatic heterocycles. The second kappa shape index (κ2) is 8.49. The van der Waals surface area contributed by atoms with E-state index in [1.165, 1.54) is 16.7 Å². The highest BCUT2D eigenvalue weighted by atomic mass is 35.5. The van der Waals surface area contributed by atoms with Crippen molar-refractivity contribution in [2.24, 2.45) is 11.6 Å². The number of rotatable bonds is 3. The minimum Gasteiger partial charge on any atom is -0.401 e. The number of nitrogens with zero attached hydrogens (tertiary/aromatic N) is 1. The Balaban J connectivity index is 1.81. The van der Waals surface area contributed by atoms with Gasteiger partial charge in [-0.2, -0.15) is 0 Å². The van der Waals surface area contributed by atoms with Crippen LogP contribution >= 0.6 is 11.6 Å². The van der Waals surface area contributed by atoms with E-state index in [1.807, 2.05) is 31.2 Å². The van der Waals surface area contributed by atoms with E-state index in [0.717, 1.165) is 48.6 Å². The quantitative estimate of drug-likeness (QED) is 0.574. The molecule has 0 radical (unpaired) electrons. The lowest BCUT2D eigenvalue weighted by Crippen LogP contribution is -2.31. The molecule has 5 nitrogen and oxygen atoms in total. The summed E-state index contributed by atoms with van der Waals surface area (Å²) in [6, 6.07) is 14.6. The number of anilines is 1. The number of benzene rings is 2. The molecule has 1 atom stereocenters. The fourth-order valence-corrected chi connectivity index (χ4v) is 4.39. The van der Waals surface area contributed by atoms with Crippen LogP contribution in [0.1, 0.15) is 42.5 Å². The lowest BCUT2D eigenvalue weighted by Gasteiger charge is -2.23. The van der Waals surface area contributed by atoms with E-state index < -0.39 is 0 Å². The van der Waals surface area contributed by atoms with Crippen molar-refractivity contribution >= 4 is 28.6 Å². The highest BCUT2D eigenvalue weighted by Gasteiger charge is 2.26. The molecule has 6 N–H and O–H groups in total. The molecule has 1 unspecified atom stereocenters. The van der Waals surface area contributed by atoms with E-state index >= 15 is 0 Å². The molecule has 2 heterocycles. The molecule has 2 aromatic rings. The maximum Gasteiger partial charge on any atom is 0.0777 e. The Hall–Kier alpha value is -2.47. The zero-order valence-electron chi connectivity index (χ0n) is 16.7. The van der Waals surface area contributed by atoms with Crippen LogP contribution < -0.4 is 22.2 Å². The van der Waals surface area contributed by atoms with Gasteiger partial charge in [0.1, 0.15) is 0 Å². The molecule has 0 saturated heterocycles. The summed E-state index contributed by atoms with van der Waals surface area (Å²) in [5, 5.41) is 9.51. The Labute approximate surface area is 177 Å². The van der Waals surface area contributed by atoms with Crippen molar-refractivity contribution in [3.8, 4) is 0 Å². The summed E-state index contributed by atoms with van der Waals surface area (Å²) >= 11 is 6.43. The van der Waals surface area contributed by atoms with Crippen LogP contribution in [0.2, 0.25) is 5.02 Å². The maximum absolute atomic E-state index is 6.43. The summed E-state index contributed by atoms with van der Waals surface area (Å²) in [7, 11) is 0. The van der Waals surface area contributed by atoms with Gasteiger partial charge in [0.15, 0.2) is 0 Å². The van der Waals surface area contributed by atoms with Crippen LogP contribution in [-0.2, 0) is 0 Å². The fourth-order valence-electron chi connectivity index (χ4n) is 4.20. The summed E-state index contributed by atoms with van der Waals surface area (Å²) < 4.78 is 0. The molecule has 4 rings (SSSR count). The first-order valence-electron chi connectivity index (χ1n) is 10.1. The molecule has 6 heteroatoms. The number of halogens is 1. The second-order valence-electron chi connectivity index (χ2n) is 7.68. The molecule has 2 aromatic carbocycles. The Morgan fingerprint density at radius 3 is 2.79 bits per heavy atom. The summed E-state index contributed by atoms with van der Waals surface area (Å²) in [6.07, 6.45) is 4.15. The predicted molar refractivity (Wildman–Crippen MR) is 122 cm³/mol. The molecule has 0 fully saturated rings. The van der Waals surface area contributed by atoms with Gasteiger partial charge in [-0.05, 0) is 61.2 Å². The molecule has 2 aliphatic heterocycles. The summed E-state index contributed by atoms with van der Waals surface area (Å²) in [6.45, 7) is 4.53. The van der Waals surface area contributed by atoms with E-state index in [2.05, 4.69) is 34.9 Å². The fraction of sp³-hybridized carbons (Fsp3) is 0.304. The third kappa shape index (κ3) is 4.13. The van der Waals surface area contributed by atoms with E-state index in [0.29, 0.717) is 11.6 Å². The normalized spacial score (nSPS) is 21.1. The van der Waals surface area contributed by atoms with Gasteiger partial charge in [0.25, 0.3) is 0 Å². The van der Waals surface area contributed by atoms with E-state index in [4.69, 9.17) is 23.2 Å². The molecule has 0 aliphatic carbocycles. The Morgan fingerprint density at radius 2 is 2.07 bits per heavy atom. The third-order valence-corrected chi connectivity index (χ3v) is 5.97. The van der Waals surface area contributed by atoms with Crippen molar-refractivity contribution in [3.63, 3.8) is 0 Å². The molecule has 0 amide bonds. The van der Waals surface area contributed by atoms with Crippen LogP contribution in [0.15, 0.2) is 54.2 Å². The molecular weight excluding hydrogens is 382 g/mol. The van der Waals surface area contributed by atoms with Gasteiger partial charge in [-0.3, -0.25) is 0 Å². The smallest absolute Gasteiger partial charge is 0.0777 e. The minimum atomic E-state index is 0.0788. The molecule has 0 saturated carbocycles. The molecular formula is C23H28ClN5. The molecule has 152 valence electrons. The van der Waals surface area contributed by atoms with Crippen LogP contribution in [0.25, 0.3) is 11.3 Å². The van der Waals surface area contributed by atoms with Gasteiger partial charge < -0.3 is 21.4 Å². The number of nitrogens with two attached hydrogens (primary N) is 2. The van der Waals surface area contributed by atoms with Gasteiger partial charge in [0, 0.05) is 24.4 Å². The lowest BCUT2D eigenvalue weighted by molar-refractivity contribution is 0.402. The maximum atomic E-state index is 6.43. The van der Waals surface area contributed by atoms with E-state index in [-0.39, 0.29) is 6.04 Å². The Morgan fingerprint density at radius 1 is 1.24 bits per heavy atom. The standard InChI is InChI=1S/C23H28ClN5/c1-15(25)23-18-7-6-17(16-8-11-27-12-9-16)14-19(18)21(10-13-29(23)26)28-22-5-3-2-4-20(22)24/h2-8,14,21,27-28H,9-13,25-26H2,1H3/b23-15-. The first-order chi connectivity index (χ1) is 14.0. The largest absolute Gasteiger partial charge is 0.401 e. The summed E-state index contributed by atoms with van der Waals surface area (Å²) in [4.78, 5) is 0. The monoisotopic (exact) mass is 409 g/mol. The van der Waals surface area contributed by atoms with Gasteiger partial charge in [-0.25, -0.2) is 5.84 Å². The van der Waals surface area contributed by atoms with E-state index in [9.17, 15) is 0 Å². The van der Waals surface area contributed by atoms with Gasteiger partial charge in [0.05, 0.1) is 22.4 Å². The predicted octanol–water partition coefficient (Wildman–Crippen LogP) is 4.10. The molecule has 0 spiro atoms. The first kappa shape index (κ1) is 19.8. The molecule has 0 bridgehead atoms. The van der Waals surface area contributed by atoms with Gasteiger partial charge in [0.2, 0.25) is 0 Å². The topological polar surface area (TPSA) is 79.3 Å². The van der Waals surface area contributed by atoms with Crippen molar-refractivity contribution in [2.45, 2.75) is 25.8 Å². The van der Waals surface area contributed by atoms with Gasteiger partial charge in [-0.1, -0.05) is 41.9 Å². The summed E-state index contributed by atoms with van der Waals surface area (Å²) in [5.74, 6) is 6.38. The SMILES string of the molecule is C/C(N)=C1\c2ccc(C3=CCNCC3)cc2C(Nc2ccccc2Cl)CCN1N. The van der Waals surface area contributed by atoms with Crippen molar-refractivity contribution < 1.29 is 0 Å².